The minimum absolute atomic E-state index is 0.308. The van der Waals surface area contributed by atoms with Crippen LogP contribution in [0, 0.1) is 0 Å². The molecular formula is C17H20N3P. The summed E-state index contributed by atoms with van der Waals surface area (Å²) in [5.74, 6) is 0. The molecule has 4 heteroatoms. The summed E-state index contributed by atoms with van der Waals surface area (Å²) in [7, 11) is 1.69. The van der Waals surface area contributed by atoms with Gasteiger partial charge in [0.1, 0.15) is 0 Å². The molecule has 0 saturated carbocycles. The van der Waals surface area contributed by atoms with E-state index in [1.807, 2.05) is 12.1 Å². The number of nitrogens with zero attached hydrogens (tertiary/aromatic N) is 1. The zero-order valence-corrected chi connectivity index (χ0v) is 13.1. The molecule has 1 aliphatic heterocycles. The summed E-state index contributed by atoms with van der Waals surface area (Å²) >= 11 is 0. The molecule has 0 aromatic heterocycles. The van der Waals surface area contributed by atoms with Crippen LogP contribution in [0.1, 0.15) is 6.42 Å². The van der Waals surface area contributed by atoms with Crippen molar-refractivity contribution in [2.45, 2.75) is 6.42 Å². The molecule has 1 aliphatic rings. The van der Waals surface area contributed by atoms with Gasteiger partial charge in [-0.15, -0.1) is 5.53 Å². The van der Waals surface area contributed by atoms with Gasteiger partial charge in [0.25, 0.3) is 0 Å². The van der Waals surface area contributed by atoms with E-state index in [2.05, 4.69) is 77.8 Å². The second-order valence-electron chi connectivity index (χ2n) is 5.07. The van der Waals surface area contributed by atoms with Crippen LogP contribution in [-0.2, 0) is 0 Å². The number of hydrogen-bond donors (Lipinski definition) is 2. The first kappa shape index (κ1) is 14.1. The highest BCUT2D eigenvalue weighted by molar-refractivity contribution is 7.73. The highest BCUT2D eigenvalue weighted by Gasteiger charge is 2.15. The van der Waals surface area contributed by atoms with Crippen molar-refractivity contribution in [3.05, 3.63) is 72.6 Å². The summed E-state index contributed by atoms with van der Waals surface area (Å²) in [6.07, 6.45) is 4.31. The molecule has 0 radical (unpaired) electrons. The Morgan fingerprint density at radius 3 is 1.95 bits per heavy atom. The molecule has 0 amide bonds. The zero-order valence-electron chi connectivity index (χ0n) is 12.2. The molecule has 108 valence electrons. The Labute approximate surface area is 127 Å². The third-order valence-electron chi connectivity index (χ3n) is 3.48. The fourth-order valence-electron chi connectivity index (χ4n) is 2.44. The van der Waals surface area contributed by atoms with E-state index in [1.54, 1.807) is 0 Å². The fraction of sp³-hybridized carbons (Fsp3) is 0.176. The molecule has 0 aliphatic carbocycles. The standard InChI is InChI=1S/C17H20N3P/c1-20-14-15(18-19-20)12-13-21(16-8-4-2-5-9-16)17-10-6-3-7-11-17/h2-11,14,18-19H,12-13H2,1H3. The Morgan fingerprint density at radius 2 is 1.48 bits per heavy atom. The molecule has 2 aromatic carbocycles. The molecule has 0 bridgehead atoms. The van der Waals surface area contributed by atoms with Crippen molar-refractivity contribution >= 4 is 18.5 Å². The summed E-state index contributed by atoms with van der Waals surface area (Å²) in [6, 6.07) is 21.7. The van der Waals surface area contributed by atoms with E-state index in [4.69, 9.17) is 0 Å². The van der Waals surface area contributed by atoms with Crippen LogP contribution in [0.3, 0.4) is 0 Å². The van der Waals surface area contributed by atoms with Gasteiger partial charge in [-0.25, -0.2) is 0 Å². The van der Waals surface area contributed by atoms with Gasteiger partial charge in [-0.3, -0.25) is 5.01 Å². The summed E-state index contributed by atoms with van der Waals surface area (Å²) in [5, 5.41) is 4.83. The molecule has 3 nitrogen and oxygen atoms in total. The smallest absolute Gasteiger partial charge is 0.0457 e. The highest BCUT2D eigenvalue weighted by atomic mass is 31.1. The van der Waals surface area contributed by atoms with Crippen LogP contribution in [0.2, 0.25) is 0 Å². The lowest BCUT2D eigenvalue weighted by Gasteiger charge is -2.18. The Bertz CT molecular complexity index is 558. The first-order chi connectivity index (χ1) is 10.3. The number of hydrogen-bond acceptors (Lipinski definition) is 3. The van der Waals surface area contributed by atoms with Gasteiger partial charge >= 0.3 is 0 Å². The van der Waals surface area contributed by atoms with Crippen molar-refractivity contribution in [3.8, 4) is 0 Å². The average Bonchev–Trinajstić information content (AvgIpc) is 2.95. The van der Waals surface area contributed by atoms with E-state index in [0.717, 1.165) is 12.6 Å². The average molecular weight is 297 g/mol. The maximum absolute atomic E-state index is 3.21. The van der Waals surface area contributed by atoms with Gasteiger partial charge in [-0.05, 0) is 31.1 Å². The molecule has 0 unspecified atom stereocenters. The monoisotopic (exact) mass is 297 g/mol. The van der Waals surface area contributed by atoms with Gasteiger partial charge in [0.2, 0.25) is 0 Å². The lowest BCUT2D eigenvalue weighted by Crippen LogP contribution is -2.33. The zero-order chi connectivity index (χ0) is 14.5. The molecule has 0 saturated heterocycles. The van der Waals surface area contributed by atoms with Gasteiger partial charge < -0.3 is 5.43 Å². The normalized spacial score (nSPS) is 14.2. The van der Waals surface area contributed by atoms with Crippen molar-refractivity contribution in [1.82, 2.24) is 16.0 Å². The first-order valence-electron chi connectivity index (χ1n) is 7.16. The molecule has 0 atom stereocenters. The molecule has 0 fully saturated rings. The van der Waals surface area contributed by atoms with Gasteiger partial charge in [0.05, 0.1) is 0 Å². The summed E-state index contributed by atoms with van der Waals surface area (Å²) in [5.41, 5.74) is 7.53. The van der Waals surface area contributed by atoms with Crippen LogP contribution < -0.4 is 21.6 Å². The van der Waals surface area contributed by atoms with Gasteiger partial charge in [-0.2, -0.15) is 0 Å². The van der Waals surface area contributed by atoms with Crippen molar-refractivity contribution in [3.63, 3.8) is 0 Å². The van der Waals surface area contributed by atoms with Gasteiger partial charge in [-0.1, -0.05) is 60.7 Å². The Hall–Kier alpha value is -1.83. The van der Waals surface area contributed by atoms with Crippen LogP contribution in [-0.4, -0.2) is 18.2 Å². The minimum atomic E-state index is -0.308. The van der Waals surface area contributed by atoms with Crippen molar-refractivity contribution in [2.24, 2.45) is 0 Å². The third-order valence-corrected chi connectivity index (χ3v) is 6.00. The predicted molar refractivity (Wildman–Crippen MR) is 90.7 cm³/mol. The number of rotatable bonds is 5. The van der Waals surface area contributed by atoms with Gasteiger partial charge in [0, 0.05) is 18.9 Å². The lowest BCUT2D eigenvalue weighted by atomic mass is 10.4. The Morgan fingerprint density at radius 1 is 0.905 bits per heavy atom. The fourth-order valence-corrected chi connectivity index (χ4v) is 4.78. The van der Waals surface area contributed by atoms with E-state index < -0.39 is 0 Å². The van der Waals surface area contributed by atoms with E-state index in [1.165, 1.54) is 16.3 Å². The number of benzene rings is 2. The Balaban J connectivity index is 1.78. The van der Waals surface area contributed by atoms with Crippen molar-refractivity contribution < 1.29 is 0 Å². The van der Waals surface area contributed by atoms with Crippen LogP contribution in [0.15, 0.2) is 72.6 Å². The van der Waals surface area contributed by atoms with E-state index >= 15 is 0 Å². The van der Waals surface area contributed by atoms with E-state index in [9.17, 15) is 0 Å². The number of hydrazine groups is 2. The largest absolute Gasteiger partial charge is 0.306 e. The molecule has 21 heavy (non-hydrogen) atoms. The minimum Gasteiger partial charge on any atom is -0.306 e. The van der Waals surface area contributed by atoms with Crippen LogP contribution in [0.25, 0.3) is 0 Å². The SMILES string of the molecule is CN1C=C(CCP(c2ccccc2)c2ccccc2)NN1. The van der Waals surface area contributed by atoms with Crippen molar-refractivity contribution in [2.75, 3.05) is 13.2 Å². The quantitative estimate of drug-likeness (QED) is 0.829. The van der Waals surface area contributed by atoms with E-state index in [-0.39, 0.29) is 7.92 Å². The van der Waals surface area contributed by atoms with Crippen LogP contribution in [0.4, 0.5) is 0 Å². The van der Waals surface area contributed by atoms with Crippen molar-refractivity contribution in [1.29, 1.82) is 0 Å². The molecule has 2 N–H and O–H groups in total. The molecule has 3 rings (SSSR count). The summed E-state index contributed by atoms with van der Waals surface area (Å²) in [6.45, 7) is 0. The number of allylic oxidation sites excluding steroid dienone is 1. The molecule has 0 spiro atoms. The maximum atomic E-state index is 3.21. The highest BCUT2D eigenvalue weighted by Crippen LogP contribution is 2.35. The summed E-state index contributed by atoms with van der Waals surface area (Å²) in [4.78, 5) is 0. The van der Waals surface area contributed by atoms with Crippen LogP contribution in [0.5, 0.6) is 0 Å². The predicted octanol–water partition coefficient (Wildman–Crippen LogP) is 2.31. The number of nitrogens with one attached hydrogen (secondary N) is 2. The molecule has 1 heterocycles. The van der Waals surface area contributed by atoms with E-state index in [0.29, 0.717) is 0 Å². The second-order valence-corrected chi connectivity index (χ2v) is 7.41. The van der Waals surface area contributed by atoms with Gasteiger partial charge in [0.15, 0.2) is 0 Å². The third kappa shape index (κ3) is 3.63. The second kappa shape index (κ2) is 6.75. The molecule has 2 aromatic rings. The topological polar surface area (TPSA) is 27.3 Å². The van der Waals surface area contributed by atoms with Crippen LogP contribution >= 0.6 is 7.92 Å². The first-order valence-corrected chi connectivity index (χ1v) is 8.68. The lowest BCUT2D eigenvalue weighted by molar-refractivity contribution is 0.326. The maximum Gasteiger partial charge on any atom is 0.0457 e. The Kier molecular flexibility index (Phi) is 4.54. The molecular weight excluding hydrogens is 277 g/mol. The summed E-state index contributed by atoms with van der Waals surface area (Å²) < 4.78 is 0.